The second-order valence-electron chi connectivity index (χ2n) is 3.74. The predicted octanol–water partition coefficient (Wildman–Crippen LogP) is 0.179. The molecule has 1 heterocycles. The zero-order valence-electron chi connectivity index (χ0n) is 9.52. The molecule has 2 N–H and O–H groups in total. The van der Waals surface area contributed by atoms with Crippen LogP contribution < -0.4 is 5.32 Å². The third kappa shape index (κ3) is 2.82. The minimum Gasteiger partial charge on any atom is -0.481 e. The van der Waals surface area contributed by atoms with Crippen molar-refractivity contribution in [1.82, 2.24) is 15.1 Å². The highest BCUT2D eigenvalue weighted by Crippen LogP contribution is 2.01. The maximum absolute atomic E-state index is 11.6. The third-order valence-electron chi connectivity index (χ3n) is 2.34. The Hall–Kier alpha value is -1.85. The summed E-state index contributed by atoms with van der Waals surface area (Å²) < 4.78 is 1.59. The number of amides is 1. The van der Waals surface area contributed by atoms with Crippen LogP contribution in [0.3, 0.4) is 0 Å². The summed E-state index contributed by atoms with van der Waals surface area (Å²) in [5.74, 6) is -1.89. The van der Waals surface area contributed by atoms with E-state index in [9.17, 15) is 9.59 Å². The highest BCUT2D eigenvalue weighted by atomic mass is 16.4. The Labute approximate surface area is 93.3 Å². The van der Waals surface area contributed by atoms with E-state index in [1.807, 2.05) is 6.92 Å². The van der Waals surface area contributed by atoms with Crippen molar-refractivity contribution in [3.8, 4) is 0 Å². The summed E-state index contributed by atoms with van der Waals surface area (Å²) in [5.41, 5.74) is 1.18. The van der Waals surface area contributed by atoms with Gasteiger partial charge in [0.15, 0.2) is 0 Å². The van der Waals surface area contributed by atoms with Crippen molar-refractivity contribution in [2.45, 2.75) is 13.8 Å². The van der Waals surface area contributed by atoms with Gasteiger partial charge < -0.3 is 10.4 Å². The van der Waals surface area contributed by atoms with Gasteiger partial charge in [-0.15, -0.1) is 0 Å². The number of aromatic nitrogens is 2. The molecule has 1 rings (SSSR count). The van der Waals surface area contributed by atoms with E-state index < -0.39 is 11.9 Å². The van der Waals surface area contributed by atoms with Gasteiger partial charge in [0.25, 0.3) is 5.91 Å². The molecule has 0 spiro atoms. The van der Waals surface area contributed by atoms with E-state index in [0.29, 0.717) is 5.69 Å². The number of rotatable bonds is 4. The van der Waals surface area contributed by atoms with Gasteiger partial charge in [-0.2, -0.15) is 5.10 Å². The molecule has 1 unspecified atom stereocenters. The molecule has 0 radical (unpaired) electrons. The van der Waals surface area contributed by atoms with Gasteiger partial charge in [0.2, 0.25) is 0 Å². The summed E-state index contributed by atoms with van der Waals surface area (Å²) in [6, 6.07) is 1.65. The first-order valence-electron chi connectivity index (χ1n) is 4.93. The lowest BCUT2D eigenvalue weighted by Crippen LogP contribution is -2.31. The Balaban J connectivity index is 2.56. The van der Waals surface area contributed by atoms with E-state index in [4.69, 9.17) is 5.11 Å². The highest BCUT2D eigenvalue weighted by molar-refractivity contribution is 5.92. The van der Waals surface area contributed by atoms with Crippen LogP contribution in [-0.4, -0.2) is 33.3 Å². The minimum atomic E-state index is -0.933. The number of nitrogens with zero attached hydrogens (tertiary/aromatic N) is 2. The number of aryl methyl sites for hydroxylation is 2. The fraction of sp³-hybridized carbons (Fsp3) is 0.500. The van der Waals surface area contributed by atoms with Crippen LogP contribution in [-0.2, 0) is 11.8 Å². The van der Waals surface area contributed by atoms with Crippen molar-refractivity contribution >= 4 is 11.9 Å². The molecule has 0 fully saturated rings. The van der Waals surface area contributed by atoms with E-state index in [-0.39, 0.29) is 12.5 Å². The van der Waals surface area contributed by atoms with Gasteiger partial charge in [-0.05, 0) is 13.0 Å². The molecular weight excluding hydrogens is 210 g/mol. The summed E-state index contributed by atoms with van der Waals surface area (Å²) in [6.07, 6.45) is 0. The smallest absolute Gasteiger partial charge is 0.308 e. The Bertz CT molecular complexity index is 392. The van der Waals surface area contributed by atoms with Gasteiger partial charge in [-0.25, -0.2) is 0 Å². The van der Waals surface area contributed by atoms with Crippen LogP contribution in [0.25, 0.3) is 0 Å². The number of nitrogens with one attached hydrogen (secondary N) is 1. The van der Waals surface area contributed by atoms with Gasteiger partial charge in [-0.1, -0.05) is 6.92 Å². The molecule has 0 aliphatic rings. The van der Waals surface area contributed by atoms with Crippen LogP contribution in [0.2, 0.25) is 0 Å². The monoisotopic (exact) mass is 225 g/mol. The predicted molar refractivity (Wildman–Crippen MR) is 57.1 cm³/mol. The lowest BCUT2D eigenvalue weighted by atomic mass is 10.2. The van der Waals surface area contributed by atoms with E-state index >= 15 is 0 Å². The van der Waals surface area contributed by atoms with E-state index in [0.717, 1.165) is 5.69 Å². The fourth-order valence-electron chi connectivity index (χ4n) is 1.10. The SMILES string of the molecule is Cc1cc(C(=O)NCC(C)C(=O)O)nn1C. The molecule has 1 aromatic heterocycles. The number of carboxylic acids is 1. The van der Waals surface area contributed by atoms with Crippen LogP contribution in [0.5, 0.6) is 0 Å². The molecule has 88 valence electrons. The fourth-order valence-corrected chi connectivity index (χ4v) is 1.10. The van der Waals surface area contributed by atoms with Gasteiger partial charge in [0.05, 0.1) is 5.92 Å². The van der Waals surface area contributed by atoms with E-state index in [1.54, 1.807) is 17.8 Å². The van der Waals surface area contributed by atoms with Crippen molar-refractivity contribution in [2.75, 3.05) is 6.54 Å². The Kier molecular flexibility index (Phi) is 3.65. The Morgan fingerprint density at radius 1 is 1.62 bits per heavy atom. The molecule has 1 atom stereocenters. The number of hydrogen-bond donors (Lipinski definition) is 2. The van der Waals surface area contributed by atoms with Crippen molar-refractivity contribution in [1.29, 1.82) is 0 Å². The summed E-state index contributed by atoms with van der Waals surface area (Å²) in [6.45, 7) is 3.47. The molecule has 6 heteroatoms. The van der Waals surface area contributed by atoms with Crippen LogP contribution in [0.15, 0.2) is 6.07 Å². The lowest BCUT2D eigenvalue weighted by Gasteiger charge is -2.06. The van der Waals surface area contributed by atoms with Gasteiger partial charge >= 0.3 is 5.97 Å². The van der Waals surface area contributed by atoms with Crippen molar-refractivity contribution in [3.05, 3.63) is 17.5 Å². The van der Waals surface area contributed by atoms with Crippen LogP contribution in [0, 0.1) is 12.8 Å². The van der Waals surface area contributed by atoms with Crippen LogP contribution >= 0.6 is 0 Å². The van der Waals surface area contributed by atoms with Crippen molar-refractivity contribution in [3.63, 3.8) is 0 Å². The number of aliphatic carboxylic acids is 1. The maximum atomic E-state index is 11.6. The number of carbonyl (C=O) groups excluding carboxylic acids is 1. The largest absolute Gasteiger partial charge is 0.481 e. The van der Waals surface area contributed by atoms with Crippen molar-refractivity contribution < 1.29 is 14.7 Å². The van der Waals surface area contributed by atoms with Gasteiger partial charge in [-0.3, -0.25) is 14.3 Å². The van der Waals surface area contributed by atoms with E-state index in [1.165, 1.54) is 6.92 Å². The average Bonchev–Trinajstić information content (AvgIpc) is 2.55. The summed E-state index contributed by atoms with van der Waals surface area (Å²) >= 11 is 0. The summed E-state index contributed by atoms with van der Waals surface area (Å²) in [4.78, 5) is 22.1. The molecule has 0 aliphatic heterocycles. The zero-order chi connectivity index (χ0) is 12.3. The summed E-state index contributed by atoms with van der Waals surface area (Å²) in [7, 11) is 1.74. The van der Waals surface area contributed by atoms with Gasteiger partial charge in [0.1, 0.15) is 5.69 Å². The molecule has 0 aliphatic carbocycles. The highest BCUT2D eigenvalue weighted by Gasteiger charge is 2.15. The molecular formula is C10H15N3O3. The first-order chi connectivity index (χ1) is 7.41. The minimum absolute atomic E-state index is 0.101. The second-order valence-corrected chi connectivity index (χ2v) is 3.74. The zero-order valence-corrected chi connectivity index (χ0v) is 9.52. The topological polar surface area (TPSA) is 84.2 Å². The third-order valence-corrected chi connectivity index (χ3v) is 2.34. The first kappa shape index (κ1) is 12.2. The normalized spacial score (nSPS) is 12.2. The van der Waals surface area contributed by atoms with Crippen LogP contribution in [0.1, 0.15) is 23.1 Å². The first-order valence-corrected chi connectivity index (χ1v) is 4.93. The van der Waals surface area contributed by atoms with Gasteiger partial charge in [0, 0.05) is 19.3 Å². The molecule has 1 aromatic rings. The maximum Gasteiger partial charge on any atom is 0.308 e. The number of hydrogen-bond acceptors (Lipinski definition) is 3. The molecule has 0 saturated carbocycles. The molecule has 6 nitrogen and oxygen atoms in total. The Morgan fingerprint density at radius 3 is 2.69 bits per heavy atom. The molecule has 0 saturated heterocycles. The summed E-state index contributed by atoms with van der Waals surface area (Å²) in [5, 5.41) is 15.2. The molecule has 16 heavy (non-hydrogen) atoms. The number of carbonyl (C=O) groups is 2. The molecule has 0 bridgehead atoms. The average molecular weight is 225 g/mol. The molecule has 1 amide bonds. The quantitative estimate of drug-likeness (QED) is 0.765. The lowest BCUT2D eigenvalue weighted by molar-refractivity contribution is -0.140. The van der Waals surface area contributed by atoms with E-state index in [2.05, 4.69) is 10.4 Å². The number of carboxylic acid groups (broad SMARTS) is 1. The van der Waals surface area contributed by atoms with Crippen LogP contribution in [0.4, 0.5) is 0 Å². The second kappa shape index (κ2) is 4.78. The van der Waals surface area contributed by atoms with Crippen molar-refractivity contribution in [2.24, 2.45) is 13.0 Å². The standard InChI is InChI=1S/C10H15N3O3/c1-6(10(15)16)5-11-9(14)8-4-7(2)13(3)12-8/h4,6H,5H2,1-3H3,(H,11,14)(H,15,16). The Morgan fingerprint density at radius 2 is 2.25 bits per heavy atom. The molecule has 0 aromatic carbocycles.